The number of phenolic OH excluding ortho intramolecular Hbond substituents is 1. The number of hydrogen-bond acceptors (Lipinski definition) is 4. The summed E-state index contributed by atoms with van der Waals surface area (Å²) in [6.07, 6.45) is 0.229. The van der Waals surface area contributed by atoms with E-state index in [2.05, 4.69) is 5.10 Å². The number of aromatic hydroxyl groups is 1. The third-order valence-electron chi connectivity index (χ3n) is 5.97. The van der Waals surface area contributed by atoms with E-state index in [1.54, 1.807) is 44.8 Å². The molecule has 7 nitrogen and oxygen atoms in total. The van der Waals surface area contributed by atoms with Crippen LogP contribution in [0.2, 0.25) is 10.0 Å². The zero-order valence-electron chi connectivity index (χ0n) is 18.4. The normalized spacial score (nSPS) is 13.9. The van der Waals surface area contributed by atoms with E-state index in [0.717, 1.165) is 22.6 Å². The minimum atomic E-state index is -0.227. The highest BCUT2D eigenvalue weighted by Gasteiger charge is 2.27. The smallest absolute Gasteiger partial charge is 0.257 e. The van der Waals surface area contributed by atoms with Crippen LogP contribution in [0.5, 0.6) is 5.75 Å². The fourth-order valence-corrected chi connectivity index (χ4v) is 4.34. The maximum atomic E-state index is 13.0. The number of aromatic nitrogens is 2. The molecule has 2 aromatic carbocycles. The second-order valence-corrected chi connectivity index (χ2v) is 8.84. The van der Waals surface area contributed by atoms with Gasteiger partial charge in [-0.05, 0) is 44.2 Å². The summed E-state index contributed by atoms with van der Waals surface area (Å²) >= 11 is 12.2. The Bertz CT molecular complexity index is 1220. The van der Waals surface area contributed by atoms with Crippen molar-refractivity contribution in [1.82, 2.24) is 19.6 Å². The van der Waals surface area contributed by atoms with Gasteiger partial charge in [-0.15, -0.1) is 0 Å². The number of rotatable bonds is 4. The van der Waals surface area contributed by atoms with E-state index in [4.69, 9.17) is 23.2 Å². The fourth-order valence-electron chi connectivity index (χ4n) is 4.05. The Kier molecular flexibility index (Phi) is 6.63. The molecule has 1 aliphatic heterocycles. The predicted molar refractivity (Wildman–Crippen MR) is 127 cm³/mol. The molecule has 1 N–H and O–H groups in total. The standard InChI is InChI=1S/C24H24Cl2N4O3/c1-15-19(16(2)30(27-15)17-7-8-20(25)21(26)13-17)14-23(32)28-9-11-29(12-10-28)24(33)18-5-3-4-6-22(18)31/h3-8,13,31H,9-12,14H2,1-2H3. The number of piperazine rings is 1. The predicted octanol–water partition coefficient (Wildman–Crippen LogP) is 4.03. The molecule has 0 aliphatic carbocycles. The third-order valence-corrected chi connectivity index (χ3v) is 6.71. The molecule has 172 valence electrons. The molecule has 0 radical (unpaired) electrons. The first-order chi connectivity index (χ1) is 15.8. The Morgan fingerprint density at radius 2 is 1.64 bits per heavy atom. The number of halogens is 2. The SMILES string of the molecule is Cc1nn(-c2ccc(Cl)c(Cl)c2)c(C)c1CC(=O)N1CCN(C(=O)c2ccccc2O)CC1. The van der Waals surface area contributed by atoms with Crippen LogP contribution in [-0.2, 0) is 11.2 Å². The average molecular weight is 487 g/mol. The van der Waals surface area contributed by atoms with Crippen LogP contribution in [0, 0.1) is 13.8 Å². The van der Waals surface area contributed by atoms with Crippen LogP contribution in [0.15, 0.2) is 42.5 Å². The monoisotopic (exact) mass is 486 g/mol. The summed E-state index contributed by atoms with van der Waals surface area (Å²) in [5, 5.41) is 15.5. The molecule has 0 bridgehead atoms. The highest BCUT2D eigenvalue weighted by atomic mass is 35.5. The van der Waals surface area contributed by atoms with Gasteiger partial charge in [-0.25, -0.2) is 4.68 Å². The summed E-state index contributed by atoms with van der Waals surface area (Å²) in [5.74, 6) is -0.273. The Labute approximate surface area is 202 Å². The van der Waals surface area contributed by atoms with Crippen LogP contribution >= 0.6 is 23.2 Å². The number of benzene rings is 2. The molecule has 2 amide bonds. The number of carbonyl (C=O) groups is 2. The van der Waals surface area contributed by atoms with Crippen LogP contribution in [0.3, 0.4) is 0 Å². The Balaban J connectivity index is 1.42. The first kappa shape index (κ1) is 23.1. The second-order valence-electron chi connectivity index (χ2n) is 8.03. The largest absolute Gasteiger partial charge is 0.507 e. The van der Waals surface area contributed by atoms with E-state index in [-0.39, 0.29) is 29.5 Å². The van der Waals surface area contributed by atoms with E-state index in [0.29, 0.717) is 36.2 Å². The lowest BCUT2D eigenvalue weighted by Gasteiger charge is -2.35. The molecule has 0 atom stereocenters. The van der Waals surface area contributed by atoms with Gasteiger partial charge in [-0.3, -0.25) is 9.59 Å². The van der Waals surface area contributed by atoms with Crippen LogP contribution < -0.4 is 0 Å². The summed E-state index contributed by atoms with van der Waals surface area (Å²) in [6, 6.07) is 11.8. The zero-order chi connectivity index (χ0) is 23.7. The summed E-state index contributed by atoms with van der Waals surface area (Å²) in [4.78, 5) is 29.1. The Morgan fingerprint density at radius 3 is 2.30 bits per heavy atom. The van der Waals surface area contributed by atoms with E-state index in [9.17, 15) is 14.7 Å². The summed E-state index contributed by atoms with van der Waals surface area (Å²) in [6.45, 7) is 5.52. The zero-order valence-corrected chi connectivity index (χ0v) is 19.9. The molecule has 1 aliphatic rings. The van der Waals surface area contributed by atoms with Crippen molar-refractivity contribution in [3.05, 3.63) is 75.0 Å². The first-order valence-corrected chi connectivity index (χ1v) is 11.4. The molecule has 3 aromatic rings. The molecule has 4 rings (SSSR count). The highest BCUT2D eigenvalue weighted by molar-refractivity contribution is 6.42. The van der Waals surface area contributed by atoms with Gasteiger partial charge in [0, 0.05) is 37.4 Å². The lowest BCUT2D eigenvalue weighted by Crippen LogP contribution is -2.51. The van der Waals surface area contributed by atoms with Gasteiger partial charge in [0.1, 0.15) is 5.75 Å². The van der Waals surface area contributed by atoms with Gasteiger partial charge < -0.3 is 14.9 Å². The summed E-state index contributed by atoms with van der Waals surface area (Å²) < 4.78 is 1.77. The maximum Gasteiger partial charge on any atom is 0.257 e. The number of carbonyl (C=O) groups excluding carboxylic acids is 2. The van der Waals surface area contributed by atoms with E-state index in [1.165, 1.54) is 6.07 Å². The molecule has 1 fully saturated rings. The van der Waals surface area contributed by atoms with Gasteiger partial charge in [0.25, 0.3) is 5.91 Å². The van der Waals surface area contributed by atoms with Gasteiger partial charge >= 0.3 is 0 Å². The van der Waals surface area contributed by atoms with Gasteiger partial charge in [0.2, 0.25) is 5.91 Å². The number of nitrogens with zero attached hydrogens (tertiary/aromatic N) is 4. The minimum Gasteiger partial charge on any atom is -0.507 e. The van der Waals surface area contributed by atoms with Crippen molar-refractivity contribution in [3.8, 4) is 11.4 Å². The van der Waals surface area contributed by atoms with Crippen molar-refractivity contribution >= 4 is 35.0 Å². The van der Waals surface area contributed by atoms with E-state index >= 15 is 0 Å². The van der Waals surface area contributed by atoms with Gasteiger partial charge in [0.05, 0.1) is 33.4 Å². The van der Waals surface area contributed by atoms with E-state index < -0.39 is 0 Å². The first-order valence-electron chi connectivity index (χ1n) is 10.6. The number of amides is 2. The van der Waals surface area contributed by atoms with Crippen molar-refractivity contribution in [2.75, 3.05) is 26.2 Å². The van der Waals surface area contributed by atoms with Crippen LogP contribution in [0.25, 0.3) is 5.69 Å². The molecule has 2 heterocycles. The molecule has 0 unspecified atom stereocenters. The van der Waals surface area contributed by atoms with Crippen molar-refractivity contribution in [3.63, 3.8) is 0 Å². The average Bonchev–Trinajstić information content (AvgIpc) is 3.09. The molecule has 0 spiro atoms. The van der Waals surface area contributed by atoms with Gasteiger partial charge in [-0.2, -0.15) is 5.10 Å². The third kappa shape index (κ3) is 4.70. The van der Waals surface area contributed by atoms with Crippen LogP contribution in [0.4, 0.5) is 0 Å². The highest BCUT2D eigenvalue weighted by Crippen LogP contribution is 2.26. The number of aryl methyl sites for hydroxylation is 1. The molecule has 9 heteroatoms. The molecule has 1 aromatic heterocycles. The number of phenols is 1. The fraction of sp³-hybridized carbons (Fsp3) is 0.292. The summed E-state index contributed by atoms with van der Waals surface area (Å²) in [5.41, 5.74) is 3.57. The topological polar surface area (TPSA) is 78.7 Å². The summed E-state index contributed by atoms with van der Waals surface area (Å²) in [7, 11) is 0. The quantitative estimate of drug-likeness (QED) is 0.603. The number of para-hydroxylation sites is 1. The Hall–Kier alpha value is -3.03. The Morgan fingerprint density at radius 1 is 0.970 bits per heavy atom. The van der Waals surface area contributed by atoms with Crippen molar-refractivity contribution in [2.24, 2.45) is 0 Å². The van der Waals surface area contributed by atoms with Crippen molar-refractivity contribution in [1.29, 1.82) is 0 Å². The second kappa shape index (κ2) is 9.45. The lowest BCUT2D eigenvalue weighted by molar-refractivity contribution is -0.131. The molecular formula is C24H24Cl2N4O3. The van der Waals surface area contributed by atoms with Crippen LogP contribution in [0.1, 0.15) is 27.3 Å². The molecule has 33 heavy (non-hydrogen) atoms. The van der Waals surface area contributed by atoms with E-state index in [1.807, 2.05) is 19.9 Å². The molecular weight excluding hydrogens is 463 g/mol. The maximum absolute atomic E-state index is 13.0. The minimum absolute atomic E-state index is 0.00968. The van der Waals surface area contributed by atoms with Crippen molar-refractivity contribution in [2.45, 2.75) is 20.3 Å². The lowest BCUT2D eigenvalue weighted by atomic mass is 10.1. The molecule has 1 saturated heterocycles. The van der Waals surface area contributed by atoms with Gasteiger partial charge in [-0.1, -0.05) is 35.3 Å². The van der Waals surface area contributed by atoms with Gasteiger partial charge in [0.15, 0.2) is 0 Å². The molecule has 0 saturated carbocycles. The van der Waals surface area contributed by atoms with Crippen molar-refractivity contribution < 1.29 is 14.7 Å². The number of hydrogen-bond donors (Lipinski definition) is 1. The van der Waals surface area contributed by atoms with Crippen LogP contribution in [-0.4, -0.2) is 62.7 Å².